The molecule has 0 saturated carbocycles. The van der Waals surface area contributed by atoms with Crippen molar-refractivity contribution in [1.29, 1.82) is 0 Å². The first-order chi connectivity index (χ1) is 17.1. The molecule has 0 aliphatic carbocycles. The molecule has 4 heteroatoms. The lowest BCUT2D eigenvalue weighted by atomic mass is 10.0. The number of ether oxygens (including phenoxy) is 1. The number of unbranched alkanes of at least 4 members (excludes halogenated alkanes) is 7. The molecule has 0 fully saturated rings. The second-order valence-electron chi connectivity index (χ2n) is 9.26. The van der Waals surface area contributed by atoms with Crippen molar-refractivity contribution >= 4 is 5.97 Å². The average molecular weight is 476 g/mol. The van der Waals surface area contributed by atoms with Gasteiger partial charge in [-0.3, -0.25) is 4.98 Å². The van der Waals surface area contributed by atoms with E-state index >= 15 is 0 Å². The molecule has 0 bridgehead atoms. The maximum Gasteiger partial charge on any atom is 0.343 e. The maximum atomic E-state index is 14.4. The number of pyridine rings is 1. The van der Waals surface area contributed by atoms with Gasteiger partial charge in [0.15, 0.2) is 11.6 Å². The molecule has 3 nitrogen and oxygen atoms in total. The molecule has 3 rings (SSSR count). The number of hydrogen-bond acceptors (Lipinski definition) is 3. The van der Waals surface area contributed by atoms with E-state index in [1.807, 2.05) is 30.5 Å². The van der Waals surface area contributed by atoms with Crippen molar-refractivity contribution in [3.05, 3.63) is 83.3 Å². The van der Waals surface area contributed by atoms with Crippen LogP contribution >= 0.6 is 0 Å². The van der Waals surface area contributed by atoms with E-state index < -0.39 is 11.8 Å². The normalized spacial score (nSPS) is 10.9. The molecular weight excluding hydrogens is 437 g/mol. The molecule has 3 aromatic rings. The second kappa shape index (κ2) is 14.4. The van der Waals surface area contributed by atoms with Gasteiger partial charge in [0, 0.05) is 11.8 Å². The molecule has 0 amide bonds. The highest BCUT2D eigenvalue weighted by Gasteiger charge is 2.13. The molecule has 0 unspecified atom stereocenters. The van der Waals surface area contributed by atoms with E-state index in [0.717, 1.165) is 48.9 Å². The van der Waals surface area contributed by atoms with Gasteiger partial charge in [-0.1, -0.05) is 83.1 Å². The number of halogens is 1. The minimum atomic E-state index is -0.573. The topological polar surface area (TPSA) is 39.2 Å². The highest BCUT2D eigenvalue weighted by molar-refractivity contribution is 5.91. The Morgan fingerprint density at radius 1 is 0.771 bits per heavy atom. The Hall–Kier alpha value is -3.01. The van der Waals surface area contributed by atoms with Crippen LogP contribution in [0.5, 0.6) is 5.75 Å². The van der Waals surface area contributed by atoms with E-state index in [4.69, 9.17) is 4.74 Å². The summed E-state index contributed by atoms with van der Waals surface area (Å²) in [6.45, 7) is 4.38. The molecular formula is C31H38FNO2. The van der Waals surface area contributed by atoms with Crippen molar-refractivity contribution in [2.24, 2.45) is 0 Å². The van der Waals surface area contributed by atoms with Crippen molar-refractivity contribution < 1.29 is 13.9 Å². The Morgan fingerprint density at radius 3 is 2.09 bits per heavy atom. The fourth-order valence-electron chi connectivity index (χ4n) is 4.15. The number of benzene rings is 2. The zero-order valence-corrected chi connectivity index (χ0v) is 21.2. The molecule has 0 atom stereocenters. The fourth-order valence-corrected chi connectivity index (χ4v) is 4.15. The van der Waals surface area contributed by atoms with Gasteiger partial charge in [-0.15, -0.1) is 0 Å². The largest absolute Gasteiger partial charge is 0.420 e. The monoisotopic (exact) mass is 475 g/mol. The number of aromatic nitrogens is 1. The summed E-state index contributed by atoms with van der Waals surface area (Å²) in [5.41, 5.74) is 4.34. The van der Waals surface area contributed by atoms with Gasteiger partial charge in [0.05, 0.1) is 11.3 Å². The van der Waals surface area contributed by atoms with Crippen LogP contribution in [0.4, 0.5) is 4.39 Å². The van der Waals surface area contributed by atoms with Crippen LogP contribution in [0.3, 0.4) is 0 Å². The third-order valence-corrected chi connectivity index (χ3v) is 6.33. The fraction of sp³-hybridized carbons (Fsp3) is 0.419. The number of hydrogen-bond donors (Lipinski definition) is 0. The van der Waals surface area contributed by atoms with E-state index in [1.54, 1.807) is 18.2 Å². The number of esters is 1. The average Bonchev–Trinajstić information content (AvgIpc) is 2.88. The summed E-state index contributed by atoms with van der Waals surface area (Å²) in [7, 11) is 0. The SMILES string of the molecule is CCCCCCCCc1ccc(-c2ccc(C(=O)Oc3ccc(CCCCC)cc3F)cc2)nc1. The molecule has 186 valence electrons. The predicted molar refractivity (Wildman–Crippen MR) is 141 cm³/mol. The molecule has 0 aliphatic heterocycles. The van der Waals surface area contributed by atoms with E-state index in [1.165, 1.54) is 50.2 Å². The molecule has 2 aromatic carbocycles. The minimum Gasteiger partial charge on any atom is -0.420 e. The van der Waals surface area contributed by atoms with Crippen LogP contribution in [-0.2, 0) is 12.8 Å². The lowest BCUT2D eigenvalue weighted by molar-refractivity contribution is 0.0728. The van der Waals surface area contributed by atoms with Crippen LogP contribution in [0.2, 0.25) is 0 Å². The summed E-state index contributed by atoms with van der Waals surface area (Å²) in [5, 5.41) is 0. The van der Waals surface area contributed by atoms with Gasteiger partial charge in [-0.25, -0.2) is 9.18 Å². The Kier molecular flexibility index (Phi) is 10.9. The lowest BCUT2D eigenvalue weighted by Gasteiger charge is -2.08. The summed E-state index contributed by atoms with van der Waals surface area (Å²) in [6.07, 6.45) is 14.8. The molecule has 0 radical (unpaired) electrons. The smallest absolute Gasteiger partial charge is 0.343 e. The van der Waals surface area contributed by atoms with Crippen molar-refractivity contribution in [3.63, 3.8) is 0 Å². The Bertz CT molecular complexity index is 1040. The molecule has 0 aliphatic rings. The molecule has 0 saturated heterocycles. The summed E-state index contributed by atoms with van der Waals surface area (Å²) < 4.78 is 19.7. The number of carbonyl (C=O) groups is 1. The number of carbonyl (C=O) groups excluding carboxylic acids is 1. The number of rotatable bonds is 14. The van der Waals surface area contributed by atoms with Gasteiger partial charge in [0.2, 0.25) is 0 Å². The predicted octanol–water partition coefficient (Wildman–Crippen LogP) is 8.74. The first kappa shape index (κ1) is 26.6. The van der Waals surface area contributed by atoms with Crippen molar-refractivity contribution in [2.45, 2.75) is 84.5 Å². The van der Waals surface area contributed by atoms with Crippen LogP contribution in [-0.4, -0.2) is 11.0 Å². The van der Waals surface area contributed by atoms with Crippen LogP contribution in [0.15, 0.2) is 60.8 Å². The summed E-state index contributed by atoms with van der Waals surface area (Å²) in [4.78, 5) is 17.1. The molecule has 1 heterocycles. The number of aryl methyl sites for hydroxylation is 2. The Morgan fingerprint density at radius 2 is 1.40 bits per heavy atom. The van der Waals surface area contributed by atoms with Gasteiger partial charge >= 0.3 is 5.97 Å². The van der Waals surface area contributed by atoms with E-state index in [9.17, 15) is 9.18 Å². The Balaban J connectivity index is 1.52. The molecule has 0 N–H and O–H groups in total. The van der Waals surface area contributed by atoms with Crippen LogP contribution in [0.1, 0.15) is 93.1 Å². The Labute approximate surface area is 209 Å². The second-order valence-corrected chi connectivity index (χ2v) is 9.26. The van der Waals surface area contributed by atoms with Crippen molar-refractivity contribution in [3.8, 4) is 17.0 Å². The molecule has 35 heavy (non-hydrogen) atoms. The van der Waals surface area contributed by atoms with Gasteiger partial charge < -0.3 is 4.74 Å². The van der Waals surface area contributed by atoms with Crippen LogP contribution in [0, 0.1) is 5.82 Å². The summed E-state index contributed by atoms with van der Waals surface area (Å²) in [6, 6.07) is 16.1. The highest BCUT2D eigenvalue weighted by Crippen LogP contribution is 2.23. The highest BCUT2D eigenvalue weighted by atomic mass is 19.1. The third kappa shape index (κ3) is 8.61. The van der Waals surface area contributed by atoms with Crippen molar-refractivity contribution in [2.75, 3.05) is 0 Å². The zero-order valence-electron chi connectivity index (χ0n) is 21.2. The zero-order chi connectivity index (χ0) is 24.9. The summed E-state index contributed by atoms with van der Waals surface area (Å²) >= 11 is 0. The van der Waals surface area contributed by atoms with E-state index in [0.29, 0.717) is 5.56 Å². The summed E-state index contributed by atoms with van der Waals surface area (Å²) in [5.74, 6) is -1.12. The quantitative estimate of drug-likeness (QED) is 0.133. The van der Waals surface area contributed by atoms with E-state index in [-0.39, 0.29) is 5.75 Å². The van der Waals surface area contributed by atoms with Crippen LogP contribution in [0.25, 0.3) is 11.3 Å². The standard InChI is InChI=1S/C31H38FNO2/c1-3-5-7-8-9-11-13-25-14-20-29(33-23-25)26-16-18-27(19-17-26)31(34)35-30-21-15-24(22-28(30)32)12-10-6-4-2/h14-23H,3-13H2,1-2H3. The van der Waals surface area contributed by atoms with Gasteiger partial charge in [-0.2, -0.15) is 0 Å². The minimum absolute atomic E-state index is 0.0408. The maximum absolute atomic E-state index is 14.4. The van der Waals surface area contributed by atoms with Gasteiger partial charge in [0.1, 0.15) is 0 Å². The van der Waals surface area contributed by atoms with Crippen LogP contribution < -0.4 is 4.74 Å². The van der Waals surface area contributed by atoms with E-state index in [2.05, 4.69) is 24.9 Å². The first-order valence-corrected chi connectivity index (χ1v) is 13.2. The number of nitrogens with zero attached hydrogens (tertiary/aromatic N) is 1. The van der Waals surface area contributed by atoms with Crippen molar-refractivity contribution in [1.82, 2.24) is 4.98 Å². The molecule has 1 aromatic heterocycles. The lowest BCUT2D eigenvalue weighted by Crippen LogP contribution is -2.09. The third-order valence-electron chi connectivity index (χ3n) is 6.33. The van der Waals surface area contributed by atoms with Gasteiger partial charge in [-0.05, 0) is 67.1 Å². The van der Waals surface area contributed by atoms with Gasteiger partial charge in [0.25, 0.3) is 0 Å². The first-order valence-electron chi connectivity index (χ1n) is 13.2. The molecule has 0 spiro atoms.